The highest BCUT2D eigenvalue weighted by molar-refractivity contribution is 6.30. The highest BCUT2D eigenvalue weighted by Gasteiger charge is 2.16. The molecule has 1 aliphatic carbocycles. The van der Waals surface area contributed by atoms with Crippen molar-refractivity contribution in [1.29, 1.82) is 0 Å². The Bertz CT molecular complexity index is 479. The molecule has 0 saturated heterocycles. The second-order valence-corrected chi connectivity index (χ2v) is 5.41. The first-order valence-corrected chi connectivity index (χ1v) is 7.02. The number of benzene rings is 1. The molecule has 2 N–H and O–H groups in total. The Morgan fingerprint density at radius 2 is 2.11 bits per heavy atom. The van der Waals surface area contributed by atoms with E-state index in [0.29, 0.717) is 16.6 Å². The van der Waals surface area contributed by atoms with Crippen molar-refractivity contribution in [2.24, 2.45) is 5.92 Å². The Hall–Kier alpha value is -1.48. The summed E-state index contributed by atoms with van der Waals surface area (Å²) in [5.41, 5.74) is 1.94. The van der Waals surface area contributed by atoms with Crippen LogP contribution in [0.15, 0.2) is 36.0 Å². The molecule has 0 radical (unpaired) electrons. The Morgan fingerprint density at radius 1 is 1.37 bits per heavy atom. The molecular formula is C15H19ClN2O. The van der Waals surface area contributed by atoms with Crippen LogP contribution in [0, 0.1) is 5.92 Å². The van der Waals surface area contributed by atoms with Crippen molar-refractivity contribution in [1.82, 2.24) is 5.32 Å². The van der Waals surface area contributed by atoms with Crippen LogP contribution in [0.25, 0.3) is 0 Å². The van der Waals surface area contributed by atoms with Crippen molar-refractivity contribution in [3.8, 4) is 0 Å². The third-order valence-corrected chi connectivity index (χ3v) is 3.75. The van der Waals surface area contributed by atoms with E-state index in [-0.39, 0.29) is 6.03 Å². The molecule has 0 unspecified atom stereocenters. The smallest absolute Gasteiger partial charge is 0.314 e. The quantitative estimate of drug-likeness (QED) is 0.836. The molecule has 1 aromatic rings. The number of halogens is 1. The number of carbonyl (C=O) groups is 1. The maximum absolute atomic E-state index is 11.7. The molecule has 0 aromatic heterocycles. The van der Waals surface area contributed by atoms with Crippen LogP contribution in [-0.4, -0.2) is 6.03 Å². The van der Waals surface area contributed by atoms with Crippen LogP contribution in [0.2, 0.25) is 5.02 Å². The van der Waals surface area contributed by atoms with Gasteiger partial charge in [-0.3, -0.25) is 0 Å². The van der Waals surface area contributed by atoms with E-state index in [1.165, 1.54) is 31.3 Å². The molecule has 1 fully saturated rings. The molecule has 0 atom stereocenters. The van der Waals surface area contributed by atoms with Crippen LogP contribution in [0.3, 0.4) is 0 Å². The van der Waals surface area contributed by atoms with Gasteiger partial charge in [0, 0.05) is 16.9 Å². The molecule has 1 aliphatic rings. The van der Waals surface area contributed by atoms with Gasteiger partial charge in [0.25, 0.3) is 0 Å². The number of anilines is 1. The summed E-state index contributed by atoms with van der Waals surface area (Å²) in [4.78, 5) is 11.7. The third kappa shape index (κ3) is 4.28. The fourth-order valence-electron chi connectivity index (χ4n) is 2.41. The van der Waals surface area contributed by atoms with E-state index in [9.17, 15) is 4.79 Å². The van der Waals surface area contributed by atoms with Crippen LogP contribution < -0.4 is 10.6 Å². The first-order valence-electron chi connectivity index (χ1n) is 6.65. The van der Waals surface area contributed by atoms with Crippen LogP contribution >= 0.6 is 11.6 Å². The third-order valence-electron chi connectivity index (χ3n) is 3.51. The highest BCUT2D eigenvalue weighted by atomic mass is 35.5. The topological polar surface area (TPSA) is 41.1 Å². The molecule has 3 nitrogen and oxygen atoms in total. The summed E-state index contributed by atoms with van der Waals surface area (Å²) < 4.78 is 0. The van der Waals surface area contributed by atoms with Gasteiger partial charge in [-0.2, -0.15) is 0 Å². The minimum absolute atomic E-state index is 0.236. The van der Waals surface area contributed by atoms with Gasteiger partial charge in [-0.05, 0) is 43.9 Å². The summed E-state index contributed by atoms with van der Waals surface area (Å²) in [6.45, 7) is 2.08. The molecule has 1 aromatic carbocycles. The van der Waals surface area contributed by atoms with E-state index in [4.69, 9.17) is 11.6 Å². The Labute approximate surface area is 119 Å². The molecule has 0 heterocycles. The normalized spacial score (nSPS) is 16.4. The molecule has 4 heteroatoms. The Morgan fingerprint density at radius 3 is 2.79 bits per heavy atom. The van der Waals surface area contributed by atoms with Crippen molar-refractivity contribution in [2.45, 2.75) is 32.6 Å². The SMILES string of the molecule is C/C(=C\NC(=O)Nc1cccc(Cl)c1)C1CCCC1. The summed E-state index contributed by atoms with van der Waals surface area (Å²) >= 11 is 5.86. The van der Waals surface area contributed by atoms with E-state index in [1.54, 1.807) is 24.3 Å². The zero-order valence-corrected chi connectivity index (χ0v) is 11.8. The number of nitrogens with one attached hydrogen (secondary N) is 2. The van der Waals surface area contributed by atoms with Gasteiger partial charge in [0.1, 0.15) is 0 Å². The largest absolute Gasteiger partial charge is 0.323 e. The maximum atomic E-state index is 11.7. The second-order valence-electron chi connectivity index (χ2n) is 4.98. The molecule has 2 amide bonds. The summed E-state index contributed by atoms with van der Waals surface area (Å²) in [6, 6.07) is 6.86. The molecule has 19 heavy (non-hydrogen) atoms. The summed E-state index contributed by atoms with van der Waals surface area (Å²) in [6.07, 6.45) is 6.88. The predicted octanol–water partition coefficient (Wildman–Crippen LogP) is 4.56. The Balaban J connectivity index is 1.85. The first kappa shape index (κ1) is 13.9. The molecule has 2 rings (SSSR count). The first-order chi connectivity index (χ1) is 9.15. The van der Waals surface area contributed by atoms with Crippen molar-refractivity contribution < 1.29 is 4.79 Å². The van der Waals surface area contributed by atoms with Gasteiger partial charge in [0.15, 0.2) is 0 Å². The van der Waals surface area contributed by atoms with E-state index < -0.39 is 0 Å². The highest BCUT2D eigenvalue weighted by Crippen LogP contribution is 2.30. The molecule has 102 valence electrons. The molecule has 0 spiro atoms. The standard InChI is InChI=1S/C15H19ClN2O/c1-11(12-5-2-3-6-12)10-17-15(19)18-14-8-4-7-13(16)9-14/h4,7-10,12H,2-3,5-6H2,1H3,(H2,17,18,19)/b11-10+. The van der Waals surface area contributed by atoms with Gasteiger partial charge in [-0.1, -0.05) is 36.1 Å². The van der Waals surface area contributed by atoms with E-state index in [1.807, 2.05) is 6.20 Å². The minimum Gasteiger partial charge on any atom is -0.314 e. The van der Waals surface area contributed by atoms with Crippen molar-refractivity contribution in [3.63, 3.8) is 0 Å². The van der Waals surface area contributed by atoms with E-state index >= 15 is 0 Å². The number of carbonyl (C=O) groups excluding carboxylic acids is 1. The summed E-state index contributed by atoms with van der Waals surface area (Å²) in [5.74, 6) is 0.631. The molecule has 0 aliphatic heterocycles. The lowest BCUT2D eigenvalue weighted by atomic mass is 10.0. The van der Waals surface area contributed by atoms with E-state index in [0.717, 1.165) is 0 Å². The van der Waals surface area contributed by atoms with Crippen LogP contribution in [0.4, 0.5) is 10.5 Å². The number of rotatable bonds is 3. The van der Waals surface area contributed by atoms with Gasteiger partial charge >= 0.3 is 6.03 Å². The van der Waals surface area contributed by atoms with Gasteiger partial charge in [-0.15, -0.1) is 0 Å². The lowest BCUT2D eigenvalue weighted by molar-refractivity contribution is 0.255. The van der Waals surface area contributed by atoms with Gasteiger partial charge in [0.05, 0.1) is 0 Å². The Kier molecular flexibility index (Phi) is 4.86. The molecule has 1 saturated carbocycles. The van der Waals surface area contributed by atoms with Crippen LogP contribution in [0.5, 0.6) is 0 Å². The van der Waals surface area contributed by atoms with Gasteiger partial charge < -0.3 is 10.6 Å². The van der Waals surface area contributed by atoms with E-state index in [2.05, 4.69) is 17.6 Å². The zero-order valence-electron chi connectivity index (χ0n) is 11.1. The van der Waals surface area contributed by atoms with Crippen molar-refractivity contribution >= 4 is 23.3 Å². The van der Waals surface area contributed by atoms with Crippen molar-refractivity contribution in [2.75, 3.05) is 5.32 Å². The summed E-state index contributed by atoms with van der Waals surface area (Å²) in [7, 11) is 0. The fourth-order valence-corrected chi connectivity index (χ4v) is 2.60. The number of allylic oxidation sites excluding steroid dienone is 1. The monoisotopic (exact) mass is 278 g/mol. The second kappa shape index (κ2) is 6.62. The fraction of sp³-hybridized carbons (Fsp3) is 0.400. The predicted molar refractivity (Wildman–Crippen MR) is 79.3 cm³/mol. The average molecular weight is 279 g/mol. The number of amides is 2. The van der Waals surface area contributed by atoms with Gasteiger partial charge in [0.2, 0.25) is 0 Å². The van der Waals surface area contributed by atoms with Gasteiger partial charge in [-0.25, -0.2) is 4.79 Å². The molecular weight excluding hydrogens is 260 g/mol. The van der Waals surface area contributed by atoms with Crippen molar-refractivity contribution in [3.05, 3.63) is 41.1 Å². The number of urea groups is 1. The van der Waals surface area contributed by atoms with Crippen LogP contribution in [0.1, 0.15) is 32.6 Å². The lowest BCUT2D eigenvalue weighted by Crippen LogP contribution is -2.24. The molecule has 0 bridgehead atoms. The number of hydrogen-bond donors (Lipinski definition) is 2. The lowest BCUT2D eigenvalue weighted by Gasteiger charge is -2.10. The van der Waals surface area contributed by atoms with Crippen LogP contribution in [-0.2, 0) is 0 Å². The maximum Gasteiger partial charge on any atom is 0.323 e. The minimum atomic E-state index is -0.236. The number of hydrogen-bond acceptors (Lipinski definition) is 1. The zero-order chi connectivity index (χ0) is 13.7. The average Bonchev–Trinajstić information content (AvgIpc) is 2.90. The summed E-state index contributed by atoms with van der Waals surface area (Å²) in [5, 5.41) is 6.13.